The number of halogens is 3. The lowest BCUT2D eigenvalue weighted by molar-refractivity contribution is -0.137. The van der Waals surface area contributed by atoms with Crippen LogP contribution in [-0.2, 0) is 11.6 Å². The van der Waals surface area contributed by atoms with Gasteiger partial charge in [-0.25, -0.2) is 0 Å². The molecule has 3 aliphatic rings. The summed E-state index contributed by atoms with van der Waals surface area (Å²) in [5.41, 5.74) is 16.5. The molecule has 7 heteroatoms. The second kappa shape index (κ2) is 17.6. The van der Waals surface area contributed by atoms with Gasteiger partial charge in [-0.1, -0.05) is 130 Å². The van der Waals surface area contributed by atoms with Crippen LogP contribution in [0.15, 0.2) is 191 Å². The maximum absolute atomic E-state index is 14.1. The second-order valence-corrected chi connectivity index (χ2v) is 23.0. The van der Waals surface area contributed by atoms with Crippen LogP contribution in [0.2, 0.25) is 0 Å². The molecule has 12 aromatic rings. The molecule has 3 aliphatic carbocycles. The maximum atomic E-state index is 14.1. The first-order valence-electron chi connectivity index (χ1n) is 27.8. The summed E-state index contributed by atoms with van der Waals surface area (Å²) in [6, 6.07) is 62.7. The number of anilines is 6. The van der Waals surface area contributed by atoms with E-state index in [-0.39, 0.29) is 5.41 Å². The topological polar surface area (TPSA) is 32.8 Å². The second-order valence-electron chi connectivity index (χ2n) is 23.0. The summed E-state index contributed by atoms with van der Waals surface area (Å²) in [5.74, 6) is 0.965. The van der Waals surface area contributed by atoms with Gasteiger partial charge in [0.2, 0.25) is 0 Å². The fraction of sp³-hybridized carbons (Fsp3) is 0.211. The number of hydrogen-bond acceptors (Lipinski definition) is 4. The molecule has 0 N–H and O–H groups in total. The van der Waals surface area contributed by atoms with Gasteiger partial charge in [-0.15, -0.1) is 0 Å². The van der Waals surface area contributed by atoms with Crippen LogP contribution in [0.5, 0.6) is 0 Å². The molecule has 78 heavy (non-hydrogen) atoms. The minimum Gasteiger partial charge on any atom is -0.454 e. The van der Waals surface area contributed by atoms with Gasteiger partial charge in [0, 0.05) is 49.7 Å². The van der Waals surface area contributed by atoms with Crippen molar-refractivity contribution >= 4 is 99.5 Å². The zero-order valence-electron chi connectivity index (χ0n) is 44.0. The highest BCUT2D eigenvalue weighted by Crippen LogP contribution is 2.54. The first kappa shape index (κ1) is 47.0. The molecule has 0 radical (unpaired) electrons. The average molecular weight is 1030 g/mol. The highest BCUT2D eigenvalue weighted by molar-refractivity contribution is 6.13. The molecule has 0 unspecified atom stereocenters. The Morgan fingerprint density at radius 3 is 1.26 bits per heavy atom. The number of furan rings is 2. The first-order chi connectivity index (χ1) is 37.9. The molecular formula is C71H57F3N2O2. The predicted molar refractivity (Wildman–Crippen MR) is 315 cm³/mol. The Hall–Kier alpha value is -8.29. The molecule has 0 atom stereocenters. The number of alkyl halides is 3. The number of fused-ring (bicyclic) bond motifs is 11. The molecule has 0 saturated heterocycles. The third kappa shape index (κ3) is 7.41. The molecule has 10 aromatic carbocycles. The predicted octanol–water partition coefficient (Wildman–Crippen LogP) is 21.7. The molecule has 4 nitrogen and oxygen atoms in total. The Balaban J connectivity index is 0.840. The van der Waals surface area contributed by atoms with Gasteiger partial charge >= 0.3 is 6.18 Å². The van der Waals surface area contributed by atoms with Gasteiger partial charge in [0.05, 0.1) is 16.9 Å². The number of rotatable bonds is 8. The van der Waals surface area contributed by atoms with Crippen molar-refractivity contribution in [3.05, 3.63) is 215 Å². The maximum Gasteiger partial charge on any atom is 0.416 e. The van der Waals surface area contributed by atoms with Crippen molar-refractivity contribution in [2.75, 3.05) is 9.80 Å². The molecule has 2 saturated carbocycles. The van der Waals surface area contributed by atoms with Crippen molar-refractivity contribution in [3.63, 3.8) is 0 Å². The third-order valence-corrected chi connectivity index (χ3v) is 18.0. The molecule has 0 aliphatic heterocycles. The van der Waals surface area contributed by atoms with E-state index in [1.807, 2.05) is 12.1 Å². The van der Waals surface area contributed by atoms with Gasteiger partial charge < -0.3 is 18.6 Å². The van der Waals surface area contributed by atoms with E-state index in [0.717, 1.165) is 95.7 Å². The van der Waals surface area contributed by atoms with Crippen LogP contribution in [0.25, 0.3) is 76.5 Å². The van der Waals surface area contributed by atoms with Crippen LogP contribution in [0.1, 0.15) is 110 Å². The fourth-order valence-corrected chi connectivity index (χ4v) is 13.9. The number of aryl methyl sites for hydroxylation is 1. The summed E-state index contributed by atoms with van der Waals surface area (Å²) in [6.07, 6.45) is 5.16. The van der Waals surface area contributed by atoms with Crippen LogP contribution >= 0.6 is 0 Å². The monoisotopic (exact) mass is 1030 g/mol. The van der Waals surface area contributed by atoms with E-state index in [4.69, 9.17) is 8.83 Å². The van der Waals surface area contributed by atoms with Gasteiger partial charge in [-0.3, -0.25) is 0 Å². The van der Waals surface area contributed by atoms with E-state index in [2.05, 4.69) is 176 Å². The van der Waals surface area contributed by atoms with E-state index in [0.29, 0.717) is 23.1 Å². The zero-order valence-corrected chi connectivity index (χ0v) is 44.0. The fourth-order valence-electron chi connectivity index (χ4n) is 13.9. The van der Waals surface area contributed by atoms with Crippen LogP contribution in [0, 0.1) is 6.92 Å². The van der Waals surface area contributed by atoms with Crippen LogP contribution < -0.4 is 9.80 Å². The molecule has 2 aromatic heterocycles. The number of hydrogen-bond donors (Lipinski definition) is 0. The molecular weight excluding hydrogens is 970 g/mol. The van der Waals surface area contributed by atoms with Crippen molar-refractivity contribution in [2.24, 2.45) is 0 Å². The lowest BCUT2D eigenvalue weighted by Crippen LogP contribution is -2.15. The minimum atomic E-state index is -4.47. The molecule has 0 bridgehead atoms. The smallest absolute Gasteiger partial charge is 0.416 e. The van der Waals surface area contributed by atoms with E-state index in [1.165, 1.54) is 95.0 Å². The minimum absolute atomic E-state index is 0.351. The Labute approximate surface area is 451 Å². The van der Waals surface area contributed by atoms with Crippen molar-refractivity contribution in [1.29, 1.82) is 0 Å². The summed E-state index contributed by atoms with van der Waals surface area (Å²) >= 11 is 0. The van der Waals surface area contributed by atoms with E-state index < -0.39 is 11.7 Å². The van der Waals surface area contributed by atoms with Crippen molar-refractivity contribution in [1.82, 2.24) is 0 Å². The molecule has 0 spiro atoms. The Kier molecular flexibility index (Phi) is 10.6. The Morgan fingerprint density at radius 1 is 0.423 bits per heavy atom. The first-order valence-corrected chi connectivity index (χ1v) is 27.8. The number of benzene rings is 10. The quantitative estimate of drug-likeness (QED) is 0.152. The zero-order chi connectivity index (χ0) is 52.6. The van der Waals surface area contributed by atoms with Crippen molar-refractivity contribution in [3.8, 4) is 11.1 Å². The van der Waals surface area contributed by atoms with E-state index in [9.17, 15) is 13.2 Å². The summed E-state index contributed by atoms with van der Waals surface area (Å²) in [5, 5.41) is 8.77. The highest BCUT2D eigenvalue weighted by Gasteiger charge is 2.37. The molecule has 2 fully saturated rings. The molecule has 0 amide bonds. The van der Waals surface area contributed by atoms with Crippen molar-refractivity contribution in [2.45, 2.75) is 95.6 Å². The summed E-state index contributed by atoms with van der Waals surface area (Å²) in [4.78, 5) is 4.41. The summed E-state index contributed by atoms with van der Waals surface area (Å²) in [6.45, 7) is 6.77. The normalized spacial score (nSPS) is 15.7. The summed E-state index contributed by atoms with van der Waals surface area (Å²) < 4.78 is 56.2. The Morgan fingerprint density at radius 2 is 0.821 bits per heavy atom. The molecule has 2 heterocycles. The highest BCUT2D eigenvalue weighted by atomic mass is 19.4. The molecule has 15 rings (SSSR count). The number of nitrogens with zero attached hydrogens (tertiary/aromatic N) is 2. The van der Waals surface area contributed by atoms with Gasteiger partial charge in [0.25, 0.3) is 0 Å². The van der Waals surface area contributed by atoms with Gasteiger partial charge in [0.15, 0.2) is 11.2 Å². The van der Waals surface area contributed by atoms with Gasteiger partial charge in [-0.05, 0) is 196 Å². The van der Waals surface area contributed by atoms with Gasteiger partial charge in [0.1, 0.15) is 11.2 Å². The van der Waals surface area contributed by atoms with Crippen LogP contribution in [-0.4, -0.2) is 0 Å². The van der Waals surface area contributed by atoms with Crippen molar-refractivity contribution < 1.29 is 22.0 Å². The van der Waals surface area contributed by atoms with E-state index >= 15 is 0 Å². The van der Waals surface area contributed by atoms with Crippen LogP contribution in [0.3, 0.4) is 0 Å². The lowest BCUT2D eigenvalue weighted by atomic mass is 9.81. The summed E-state index contributed by atoms with van der Waals surface area (Å²) in [7, 11) is 0. The Bertz CT molecular complexity index is 4380. The number of para-hydroxylation sites is 4. The molecule has 384 valence electrons. The third-order valence-electron chi connectivity index (χ3n) is 18.0. The largest absolute Gasteiger partial charge is 0.454 e. The van der Waals surface area contributed by atoms with E-state index in [1.54, 1.807) is 12.1 Å². The van der Waals surface area contributed by atoms with Crippen LogP contribution in [0.4, 0.5) is 47.3 Å². The lowest BCUT2D eigenvalue weighted by Gasteiger charge is -2.27. The SMILES string of the molecule is Cc1ccc(N(c2ccc3cc4c(cc3c2)C(C)(C)c2cc3cc(N(c5ccc(C(F)(F)F)cc5)c5cccc6c5oc5c(C7CCCC7)cccc56)ccc3cc2-4)c2cccc3c2oc2c(C4CCCC4)cccc23)cc1. The standard InChI is InChI=1S/C71H57F3N2O2/c1-42-24-30-50(31-25-42)75(64-22-10-20-58-56-18-8-16-54(43-12-4-5-13-43)66(56)77-68(58)64)52-32-26-45-38-60-61-39-46-27-33-53(37-48(46)41-63(61)70(2,3)62(60)40-47(45)36-52)76(51-34-28-49(29-35-51)71(72,73)74)65-23-11-21-59-57-19-9-17-55(44-14-6-7-15-44)67(57)78-69(59)65/h8-11,16-41,43-44H,4-7,12-15H2,1-3H3. The average Bonchev–Trinajstić information content (AvgIpc) is 4.51. The van der Waals surface area contributed by atoms with Gasteiger partial charge in [-0.2, -0.15) is 13.2 Å².